The van der Waals surface area contributed by atoms with Crippen LogP contribution in [0.1, 0.15) is 11.7 Å². The van der Waals surface area contributed by atoms with Gasteiger partial charge in [-0.3, -0.25) is 0 Å². The Kier molecular flexibility index (Phi) is 3.49. The average molecular weight is 253 g/mol. The summed E-state index contributed by atoms with van der Waals surface area (Å²) in [5, 5.41) is 7.53. The summed E-state index contributed by atoms with van der Waals surface area (Å²) in [7, 11) is 0. The zero-order valence-corrected chi connectivity index (χ0v) is 10.2. The van der Waals surface area contributed by atoms with Crippen LogP contribution < -0.4 is 11.1 Å². The van der Waals surface area contributed by atoms with E-state index >= 15 is 0 Å². The summed E-state index contributed by atoms with van der Waals surface area (Å²) >= 11 is 5.81. The fourth-order valence-corrected chi connectivity index (χ4v) is 1.62. The van der Waals surface area contributed by atoms with E-state index in [2.05, 4.69) is 15.5 Å². The van der Waals surface area contributed by atoms with Crippen molar-refractivity contribution in [3.8, 4) is 0 Å². The molecule has 1 heterocycles. The molecule has 17 heavy (non-hydrogen) atoms. The summed E-state index contributed by atoms with van der Waals surface area (Å²) < 4.78 is 5.00. The molecule has 0 aliphatic rings. The summed E-state index contributed by atoms with van der Waals surface area (Å²) in [5.41, 5.74) is 7.28. The third-order valence-corrected chi connectivity index (χ3v) is 2.47. The van der Waals surface area contributed by atoms with Crippen molar-refractivity contribution in [1.29, 1.82) is 0 Å². The third-order valence-electron chi connectivity index (χ3n) is 2.24. The molecule has 0 bridgehead atoms. The molecule has 1 aromatic heterocycles. The number of hydrogen-bond donors (Lipinski definition) is 2. The number of nitrogens with zero attached hydrogens (tertiary/aromatic N) is 2. The van der Waals surface area contributed by atoms with Crippen LogP contribution in [0.25, 0.3) is 0 Å². The minimum atomic E-state index is 0.613. The first-order valence-electron chi connectivity index (χ1n) is 5.23. The Morgan fingerprint density at radius 3 is 2.94 bits per heavy atom. The van der Waals surface area contributed by atoms with Crippen LogP contribution in [-0.4, -0.2) is 16.7 Å². The Hall–Kier alpha value is -1.75. The number of halogens is 1. The van der Waals surface area contributed by atoms with Crippen LogP contribution in [0.5, 0.6) is 0 Å². The van der Waals surface area contributed by atoms with Gasteiger partial charge in [-0.2, -0.15) is 4.98 Å². The van der Waals surface area contributed by atoms with Crippen molar-refractivity contribution in [1.82, 2.24) is 10.1 Å². The van der Waals surface area contributed by atoms with E-state index in [1.54, 1.807) is 19.1 Å². The zero-order valence-electron chi connectivity index (χ0n) is 9.40. The molecule has 6 heteroatoms. The lowest BCUT2D eigenvalue weighted by Crippen LogP contribution is -2.07. The van der Waals surface area contributed by atoms with Crippen LogP contribution in [0.2, 0.25) is 5.02 Å². The fraction of sp³-hybridized carbons (Fsp3) is 0.273. The summed E-state index contributed by atoms with van der Waals surface area (Å²) in [6, 6.07) is 5.34. The normalized spacial score (nSPS) is 10.5. The van der Waals surface area contributed by atoms with Crippen LogP contribution >= 0.6 is 11.6 Å². The first-order valence-corrected chi connectivity index (χ1v) is 5.61. The molecule has 0 atom stereocenters. The van der Waals surface area contributed by atoms with Crippen molar-refractivity contribution >= 4 is 23.0 Å². The fourth-order valence-electron chi connectivity index (χ4n) is 1.44. The summed E-state index contributed by atoms with van der Waals surface area (Å²) in [5.74, 6) is 1.26. The number of aryl methyl sites for hydroxylation is 1. The van der Waals surface area contributed by atoms with Gasteiger partial charge >= 0.3 is 0 Å². The van der Waals surface area contributed by atoms with Crippen LogP contribution in [0.15, 0.2) is 22.7 Å². The molecule has 0 saturated carbocycles. The third kappa shape index (κ3) is 3.10. The second kappa shape index (κ2) is 5.05. The average Bonchev–Trinajstić information content (AvgIpc) is 2.68. The Morgan fingerprint density at radius 2 is 2.29 bits per heavy atom. The molecule has 0 radical (unpaired) electrons. The predicted octanol–water partition coefficient (Wildman–Crippen LogP) is 2.27. The quantitative estimate of drug-likeness (QED) is 0.817. The maximum absolute atomic E-state index is 5.81. The van der Waals surface area contributed by atoms with E-state index in [0.717, 1.165) is 5.69 Å². The van der Waals surface area contributed by atoms with Gasteiger partial charge < -0.3 is 15.6 Å². The number of nitrogens with two attached hydrogens (primary N) is 1. The zero-order chi connectivity index (χ0) is 12.3. The Balaban J connectivity index is 1.90. The molecular weight excluding hydrogens is 240 g/mol. The van der Waals surface area contributed by atoms with E-state index in [1.807, 2.05) is 6.07 Å². The predicted molar refractivity (Wildman–Crippen MR) is 67.1 cm³/mol. The van der Waals surface area contributed by atoms with E-state index in [1.165, 1.54) is 0 Å². The van der Waals surface area contributed by atoms with Crippen LogP contribution in [0.4, 0.5) is 11.4 Å². The molecule has 3 N–H and O–H groups in total. The van der Waals surface area contributed by atoms with Gasteiger partial charge in [-0.25, -0.2) is 0 Å². The largest absolute Gasteiger partial charge is 0.397 e. The van der Waals surface area contributed by atoms with Crippen LogP contribution in [0.3, 0.4) is 0 Å². The summed E-state index contributed by atoms with van der Waals surface area (Å²) in [6.45, 7) is 2.46. The van der Waals surface area contributed by atoms with Gasteiger partial charge in [-0.1, -0.05) is 16.8 Å². The molecular formula is C11H13ClN4O. The lowest BCUT2D eigenvalue weighted by molar-refractivity contribution is 0.377. The minimum Gasteiger partial charge on any atom is -0.397 e. The SMILES string of the molecule is Cc1noc(CCNc2ccc(Cl)cc2N)n1. The van der Waals surface area contributed by atoms with Gasteiger partial charge in [0.05, 0.1) is 11.4 Å². The summed E-state index contributed by atoms with van der Waals surface area (Å²) in [4.78, 5) is 4.11. The number of nitrogens with one attached hydrogen (secondary N) is 1. The molecule has 2 aromatic rings. The van der Waals surface area contributed by atoms with E-state index in [9.17, 15) is 0 Å². The van der Waals surface area contributed by atoms with Crippen molar-refractivity contribution in [3.05, 3.63) is 34.9 Å². The summed E-state index contributed by atoms with van der Waals surface area (Å²) in [6.07, 6.45) is 0.656. The molecule has 0 fully saturated rings. The van der Waals surface area contributed by atoms with Gasteiger partial charge in [0, 0.05) is 18.0 Å². The van der Waals surface area contributed by atoms with Crippen molar-refractivity contribution in [3.63, 3.8) is 0 Å². The lowest BCUT2D eigenvalue weighted by Gasteiger charge is -2.07. The van der Waals surface area contributed by atoms with E-state index < -0.39 is 0 Å². The van der Waals surface area contributed by atoms with E-state index in [0.29, 0.717) is 35.4 Å². The maximum atomic E-state index is 5.81. The first-order chi connectivity index (χ1) is 8.15. The molecule has 2 rings (SSSR count). The lowest BCUT2D eigenvalue weighted by atomic mass is 10.2. The maximum Gasteiger partial charge on any atom is 0.228 e. The topological polar surface area (TPSA) is 77.0 Å². The molecule has 0 spiro atoms. The van der Waals surface area contributed by atoms with Crippen LogP contribution in [-0.2, 0) is 6.42 Å². The van der Waals surface area contributed by atoms with Crippen LogP contribution in [0, 0.1) is 6.92 Å². The first kappa shape index (κ1) is 11.7. The second-order valence-electron chi connectivity index (χ2n) is 3.64. The molecule has 0 aliphatic carbocycles. The molecule has 5 nitrogen and oxygen atoms in total. The van der Waals surface area contributed by atoms with Crippen molar-refractivity contribution < 1.29 is 4.52 Å². The number of hydrogen-bond acceptors (Lipinski definition) is 5. The van der Waals surface area contributed by atoms with Gasteiger partial charge in [0.25, 0.3) is 0 Å². The van der Waals surface area contributed by atoms with E-state index in [-0.39, 0.29) is 0 Å². The van der Waals surface area contributed by atoms with Crippen molar-refractivity contribution in [2.75, 3.05) is 17.6 Å². The Bertz CT molecular complexity index is 512. The minimum absolute atomic E-state index is 0.613. The molecule has 90 valence electrons. The van der Waals surface area contributed by atoms with E-state index in [4.69, 9.17) is 21.9 Å². The number of benzene rings is 1. The Labute approximate surface area is 104 Å². The van der Waals surface area contributed by atoms with Gasteiger partial charge in [0.15, 0.2) is 5.82 Å². The number of nitrogen functional groups attached to an aromatic ring is 1. The molecule has 1 aromatic carbocycles. The molecule has 0 amide bonds. The van der Waals surface area contributed by atoms with Gasteiger partial charge in [0.2, 0.25) is 5.89 Å². The highest BCUT2D eigenvalue weighted by atomic mass is 35.5. The number of anilines is 2. The standard InChI is InChI=1S/C11H13ClN4O/c1-7-15-11(17-16-7)4-5-14-10-3-2-8(12)6-9(10)13/h2-3,6,14H,4-5,13H2,1H3. The molecule has 0 saturated heterocycles. The van der Waals surface area contributed by atoms with Gasteiger partial charge in [0.1, 0.15) is 0 Å². The molecule has 0 unspecified atom stereocenters. The smallest absolute Gasteiger partial charge is 0.228 e. The second-order valence-corrected chi connectivity index (χ2v) is 4.08. The number of aromatic nitrogens is 2. The monoisotopic (exact) mass is 252 g/mol. The van der Waals surface area contributed by atoms with Gasteiger partial charge in [-0.15, -0.1) is 0 Å². The molecule has 0 aliphatic heterocycles. The highest BCUT2D eigenvalue weighted by molar-refractivity contribution is 6.31. The highest BCUT2D eigenvalue weighted by Crippen LogP contribution is 2.22. The highest BCUT2D eigenvalue weighted by Gasteiger charge is 2.03. The van der Waals surface area contributed by atoms with Crippen molar-refractivity contribution in [2.45, 2.75) is 13.3 Å². The van der Waals surface area contributed by atoms with Gasteiger partial charge in [-0.05, 0) is 25.1 Å². The van der Waals surface area contributed by atoms with Crippen molar-refractivity contribution in [2.24, 2.45) is 0 Å². The Morgan fingerprint density at radius 1 is 1.47 bits per heavy atom. The number of rotatable bonds is 4.